The van der Waals surface area contributed by atoms with Crippen molar-refractivity contribution in [1.29, 1.82) is 0 Å². The van der Waals surface area contributed by atoms with Crippen molar-refractivity contribution < 1.29 is 31.8 Å². The van der Waals surface area contributed by atoms with Crippen LogP contribution in [-0.4, -0.2) is 46.7 Å². The van der Waals surface area contributed by atoms with Gasteiger partial charge in [0.25, 0.3) is 10.0 Å². The molecule has 0 saturated carbocycles. The van der Waals surface area contributed by atoms with E-state index in [1.807, 2.05) is 38.1 Å². The van der Waals surface area contributed by atoms with Crippen molar-refractivity contribution in [2.45, 2.75) is 37.7 Å². The molecule has 0 aliphatic carbocycles. The molecule has 0 spiro atoms. The molecule has 1 amide bonds. The number of ether oxygens (including phenoxy) is 3. The summed E-state index contributed by atoms with van der Waals surface area (Å²) in [4.78, 5) is 12.8. The van der Waals surface area contributed by atoms with Crippen LogP contribution in [0.25, 0.3) is 0 Å². The summed E-state index contributed by atoms with van der Waals surface area (Å²) >= 11 is 0. The van der Waals surface area contributed by atoms with Crippen molar-refractivity contribution in [3.63, 3.8) is 0 Å². The van der Waals surface area contributed by atoms with Gasteiger partial charge in [-0.05, 0) is 80.8 Å². The SMILES string of the molecule is CC(C)Oc1cccc(CCCNC(=O)CN(c2ccc(F)cc2)S(=O)(=O)c2ccc3c(c2)OCCO3)c1. The van der Waals surface area contributed by atoms with E-state index in [0.717, 1.165) is 27.8 Å². The highest BCUT2D eigenvalue weighted by molar-refractivity contribution is 7.92. The number of fused-ring (bicyclic) bond motifs is 1. The molecule has 202 valence electrons. The normalized spacial score (nSPS) is 12.7. The summed E-state index contributed by atoms with van der Waals surface area (Å²) < 4.78 is 58.5. The van der Waals surface area contributed by atoms with Crippen LogP contribution in [0.15, 0.2) is 71.6 Å². The third-order valence-electron chi connectivity index (χ3n) is 5.74. The maximum absolute atomic E-state index is 13.6. The minimum Gasteiger partial charge on any atom is -0.491 e. The summed E-state index contributed by atoms with van der Waals surface area (Å²) in [5.74, 6) is 0.553. The summed E-state index contributed by atoms with van der Waals surface area (Å²) in [5, 5.41) is 2.79. The Kier molecular flexibility index (Phi) is 8.73. The number of rotatable bonds is 11. The minimum atomic E-state index is -4.18. The van der Waals surface area contributed by atoms with Crippen LogP contribution in [-0.2, 0) is 21.2 Å². The molecule has 1 aliphatic heterocycles. The number of carbonyl (C=O) groups excluding carboxylic acids is 1. The molecule has 8 nitrogen and oxygen atoms in total. The van der Waals surface area contributed by atoms with Crippen molar-refractivity contribution in [3.8, 4) is 17.2 Å². The molecule has 0 atom stereocenters. The first-order valence-corrected chi connectivity index (χ1v) is 13.9. The zero-order chi connectivity index (χ0) is 27.1. The van der Waals surface area contributed by atoms with Crippen LogP contribution in [0.3, 0.4) is 0 Å². The molecule has 1 heterocycles. The predicted octanol–water partition coefficient (Wildman–Crippen LogP) is 4.33. The number of hydrogen-bond donors (Lipinski definition) is 1. The van der Waals surface area contributed by atoms with E-state index in [1.165, 1.54) is 30.3 Å². The molecule has 0 bridgehead atoms. The maximum atomic E-state index is 13.6. The number of carbonyl (C=O) groups is 1. The van der Waals surface area contributed by atoms with Crippen molar-refractivity contribution in [2.75, 3.05) is 30.6 Å². The van der Waals surface area contributed by atoms with Gasteiger partial charge in [-0.3, -0.25) is 9.10 Å². The Morgan fingerprint density at radius 1 is 1.03 bits per heavy atom. The van der Waals surface area contributed by atoms with E-state index in [4.69, 9.17) is 14.2 Å². The summed E-state index contributed by atoms with van der Waals surface area (Å²) in [6.07, 6.45) is 1.45. The second-order valence-corrected chi connectivity index (χ2v) is 10.9. The van der Waals surface area contributed by atoms with Crippen LogP contribution in [0.1, 0.15) is 25.8 Å². The number of halogens is 1. The fourth-order valence-corrected chi connectivity index (χ4v) is 5.42. The summed E-state index contributed by atoms with van der Waals surface area (Å²) in [5.41, 5.74) is 1.24. The molecular weight excluding hydrogens is 511 g/mol. The number of anilines is 1. The summed E-state index contributed by atoms with van der Waals surface area (Å²) in [6, 6.07) is 17.0. The molecule has 0 fully saturated rings. The second kappa shape index (κ2) is 12.2. The predicted molar refractivity (Wildman–Crippen MR) is 142 cm³/mol. The molecular formula is C28H31FN2O6S. The molecule has 4 rings (SSSR count). The van der Waals surface area contributed by atoms with Gasteiger partial charge in [-0.25, -0.2) is 12.8 Å². The van der Waals surface area contributed by atoms with E-state index < -0.39 is 28.3 Å². The van der Waals surface area contributed by atoms with Gasteiger partial charge in [0.1, 0.15) is 31.3 Å². The first-order chi connectivity index (χ1) is 18.2. The third kappa shape index (κ3) is 6.95. The number of aryl methyl sites for hydroxylation is 1. The lowest BCUT2D eigenvalue weighted by Crippen LogP contribution is -2.41. The number of nitrogens with zero attached hydrogens (tertiary/aromatic N) is 1. The van der Waals surface area contributed by atoms with E-state index in [2.05, 4.69) is 5.32 Å². The molecule has 0 saturated heterocycles. The molecule has 3 aromatic rings. The quantitative estimate of drug-likeness (QED) is 0.363. The molecule has 0 aromatic heterocycles. The van der Waals surface area contributed by atoms with Crippen molar-refractivity contribution in [1.82, 2.24) is 5.32 Å². The zero-order valence-electron chi connectivity index (χ0n) is 21.4. The first-order valence-electron chi connectivity index (χ1n) is 12.4. The summed E-state index contributed by atoms with van der Waals surface area (Å²) in [6.45, 7) is 4.49. The van der Waals surface area contributed by atoms with Crippen LogP contribution in [0.2, 0.25) is 0 Å². The number of sulfonamides is 1. The lowest BCUT2D eigenvalue weighted by Gasteiger charge is -2.25. The Balaban J connectivity index is 1.43. The second-order valence-electron chi connectivity index (χ2n) is 9.06. The Morgan fingerprint density at radius 2 is 1.76 bits per heavy atom. The Labute approximate surface area is 222 Å². The van der Waals surface area contributed by atoms with E-state index in [1.54, 1.807) is 0 Å². The number of benzene rings is 3. The van der Waals surface area contributed by atoms with Crippen molar-refractivity contribution >= 4 is 21.6 Å². The molecule has 38 heavy (non-hydrogen) atoms. The van der Waals surface area contributed by atoms with Gasteiger partial charge in [-0.15, -0.1) is 0 Å². The van der Waals surface area contributed by atoms with Crippen LogP contribution < -0.4 is 23.8 Å². The van der Waals surface area contributed by atoms with Crippen LogP contribution in [0.4, 0.5) is 10.1 Å². The standard InChI is InChI=1S/C28H31FN2O6S/c1-20(2)37-24-7-3-5-21(17-24)6-4-14-30-28(32)19-31(23-10-8-22(29)9-11-23)38(33,34)25-12-13-26-27(18-25)36-16-15-35-26/h3,5,7-13,17-18,20H,4,6,14-16,19H2,1-2H3,(H,30,32). The molecule has 1 aliphatic rings. The van der Waals surface area contributed by atoms with Gasteiger partial charge in [0, 0.05) is 12.6 Å². The fourth-order valence-electron chi connectivity index (χ4n) is 3.99. The fraction of sp³-hybridized carbons (Fsp3) is 0.321. The van der Waals surface area contributed by atoms with Crippen LogP contribution >= 0.6 is 0 Å². The molecule has 0 radical (unpaired) electrons. The summed E-state index contributed by atoms with van der Waals surface area (Å²) in [7, 11) is -4.18. The first kappa shape index (κ1) is 27.3. The van der Waals surface area contributed by atoms with Crippen molar-refractivity contribution in [2.24, 2.45) is 0 Å². The van der Waals surface area contributed by atoms with Gasteiger partial charge < -0.3 is 19.5 Å². The van der Waals surface area contributed by atoms with Gasteiger partial charge in [0.2, 0.25) is 5.91 Å². The monoisotopic (exact) mass is 542 g/mol. The average molecular weight is 543 g/mol. The maximum Gasteiger partial charge on any atom is 0.264 e. The molecule has 1 N–H and O–H groups in total. The van der Waals surface area contributed by atoms with Gasteiger partial charge >= 0.3 is 0 Å². The van der Waals surface area contributed by atoms with E-state index >= 15 is 0 Å². The lowest BCUT2D eigenvalue weighted by molar-refractivity contribution is -0.119. The topological polar surface area (TPSA) is 94.2 Å². The molecule has 10 heteroatoms. The zero-order valence-corrected chi connectivity index (χ0v) is 22.2. The number of hydrogen-bond acceptors (Lipinski definition) is 6. The van der Waals surface area contributed by atoms with E-state index in [0.29, 0.717) is 44.1 Å². The van der Waals surface area contributed by atoms with Crippen LogP contribution in [0.5, 0.6) is 17.2 Å². The number of amides is 1. The smallest absolute Gasteiger partial charge is 0.264 e. The minimum absolute atomic E-state index is 0.0672. The van der Waals surface area contributed by atoms with Crippen LogP contribution in [0, 0.1) is 5.82 Å². The largest absolute Gasteiger partial charge is 0.491 e. The van der Waals surface area contributed by atoms with E-state index in [-0.39, 0.29) is 16.7 Å². The number of nitrogens with one attached hydrogen (secondary N) is 1. The van der Waals surface area contributed by atoms with Gasteiger partial charge in [0.05, 0.1) is 16.7 Å². The van der Waals surface area contributed by atoms with Gasteiger partial charge in [0.15, 0.2) is 11.5 Å². The van der Waals surface area contributed by atoms with E-state index in [9.17, 15) is 17.6 Å². The van der Waals surface area contributed by atoms with Gasteiger partial charge in [-0.2, -0.15) is 0 Å². The Bertz CT molecular complexity index is 1360. The molecule has 3 aromatic carbocycles. The highest BCUT2D eigenvalue weighted by atomic mass is 32.2. The molecule has 0 unspecified atom stereocenters. The highest BCUT2D eigenvalue weighted by Gasteiger charge is 2.29. The third-order valence-corrected chi connectivity index (χ3v) is 7.51. The average Bonchev–Trinajstić information content (AvgIpc) is 2.90. The highest BCUT2D eigenvalue weighted by Crippen LogP contribution is 2.34. The Morgan fingerprint density at radius 3 is 2.50 bits per heavy atom. The van der Waals surface area contributed by atoms with Gasteiger partial charge in [-0.1, -0.05) is 12.1 Å². The Hall–Kier alpha value is -3.79. The van der Waals surface area contributed by atoms with Crippen molar-refractivity contribution in [3.05, 3.63) is 78.1 Å². The lowest BCUT2D eigenvalue weighted by atomic mass is 10.1.